The Hall–Kier alpha value is -2.16. The van der Waals surface area contributed by atoms with E-state index in [-0.39, 0.29) is 18.8 Å². The minimum atomic E-state index is -1.08. The molecule has 3 amide bonds. The first kappa shape index (κ1) is 19.9. The van der Waals surface area contributed by atoms with E-state index in [0.717, 1.165) is 0 Å². The highest BCUT2D eigenvalue weighted by Crippen LogP contribution is 2.19. The van der Waals surface area contributed by atoms with Crippen LogP contribution in [0, 0.1) is 5.92 Å². The molecule has 0 radical (unpaired) electrons. The Morgan fingerprint density at radius 3 is 2.42 bits per heavy atom. The van der Waals surface area contributed by atoms with Crippen molar-refractivity contribution in [1.82, 2.24) is 10.2 Å². The number of nitrogens with one attached hydrogen (secondary N) is 1. The molecular formula is C15H26N4O5. The van der Waals surface area contributed by atoms with Gasteiger partial charge in [0.15, 0.2) is 0 Å². The van der Waals surface area contributed by atoms with Gasteiger partial charge in [-0.05, 0) is 25.2 Å². The summed E-state index contributed by atoms with van der Waals surface area (Å²) in [7, 11) is 0. The number of nitrogens with zero attached hydrogens (tertiary/aromatic N) is 1. The van der Waals surface area contributed by atoms with E-state index in [1.54, 1.807) is 13.8 Å². The van der Waals surface area contributed by atoms with Gasteiger partial charge in [0.05, 0.1) is 6.04 Å². The summed E-state index contributed by atoms with van der Waals surface area (Å²) >= 11 is 0. The maximum absolute atomic E-state index is 12.7. The number of hydrogen-bond acceptors (Lipinski definition) is 5. The summed E-state index contributed by atoms with van der Waals surface area (Å²) < 4.78 is 0. The van der Waals surface area contributed by atoms with Crippen LogP contribution in [0.2, 0.25) is 0 Å². The van der Waals surface area contributed by atoms with Crippen LogP contribution in [0.25, 0.3) is 0 Å². The molecule has 6 N–H and O–H groups in total. The van der Waals surface area contributed by atoms with Crippen LogP contribution in [0.4, 0.5) is 0 Å². The van der Waals surface area contributed by atoms with Crippen LogP contribution in [0.3, 0.4) is 0 Å². The Morgan fingerprint density at radius 2 is 1.92 bits per heavy atom. The lowest BCUT2D eigenvalue weighted by molar-refractivity contribution is -0.149. The fourth-order valence-corrected chi connectivity index (χ4v) is 2.60. The van der Waals surface area contributed by atoms with Crippen LogP contribution in [-0.4, -0.2) is 58.4 Å². The molecule has 0 saturated carbocycles. The zero-order valence-electron chi connectivity index (χ0n) is 14.0. The zero-order chi connectivity index (χ0) is 18.4. The number of primary amides is 1. The molecule has 0 bridgehead atoms. The van der Waals surface area contributed by atoms with Crippen LogP contribution in [0.5, 0.6) is 0 Å². The first-order chi connectivity index (χ1) is 11.1. The van der Waals surface area contributed by atoms with Gasteiger partial charge in [-0.25, -0.2) is 4.79 Å². The molecule has 0 aromatic heterocycles. The molecule has 136 valence electrons. The molecule has 1 aliphatic rings. The van der Waals surface area contributed by atoms with E-state index in [1.165, 1.54) is 4.90 Å². The third-order valence-electron chi connectivity index (χ3n) is 4.14. The molecule has 1 saturated heterocycles. The van der Waals surface area contributed by atoms with Crippen molar-refractivity contribution in [2.75, 3.05) is 6.54 Å². The Balaban J connectivity index is 2.87. The number of nitrogens with two attached hydrogens (primary N) is 2. The van der Waals surface area contributed by atoms with Crippen molar-refractivity contribution in [3.05, 3.63) is 0 Å². The number of hydrogen-bond donors (Lipinski definition) is 4. The van der Waals surface area contributed by atoms with Gasteiger partial charge in [0.1, 0.15) is 12.1 Å². The van der Waals surface area contributed by atoms with E-state index >= 15 is 0 Å². The quantitative estimate of drug-likeness (QED) is 0.434. The maximum atomic E-state index is 12.7. The Kier molecular flexibility index (Phi) is 7.15. The molecule has 1 fully saturated rings. The second-order valence-corrected chi connectivity index (χ2v) is 6.36. The van der Waals surface area contributed by atoms with E-state index in [9.17, 15) is 24.3 Å². The second-order valence-electron chi connectivity index (χ2n) is 6.36. The van der Waals surface area contributed by atoms with Crippen molar-refractivity contribution in [2.24, 2.45) is 17.4 Å². The van der Waals surface area contributed by atoms with E-state index in [1.807, 2.05) is 0 Å². The molecule has 9 heteroatoms. The fourth-order valence-electron chi connectivity index (χ4n) is 2.60. The highest BCUT2D eigenvalue weighted by molar-refractivity contribution is 5.92. The van der Waals surface area contributed by atoms with Crippen LogP contribution in [0.1, 0.15) is 39.5 Å². The lowest BCUT2D eigenvalue weighted by atomic mass is 10.0. The number of carboxylic acid groups (broad SMARTS) is 1. The third-order valence-corrected chi connectivity index (χ3v) is 4.14. The second kappa shape index (κ2) is 8.62. The standard InChI is InChI=1S/C15H26N4O5/c1-8(2)12(17)13(21)18-9(5-6-11(16)20)14(22)19-7-3-4-10(19)15(23)24/h8-10,12H,3-7,17H2,1-2H3,(H2,16,20)(H,18,21)(H,23,24)/t9-,10-,12-/m0/s1. The number of amides is 3. The average Bonchev–Trinajstić information content (AvgIpc) is 2.99. The van der Waals surface area contributed by atoms with Crippen molar-refractivity contribution in [2.45, 2.75) is 57.7 Å². The van der Waals surface area contributed by atoms with E-state index in [0.29, 0.717) is 19.4 Å². The van der Waals surface area contributed by atoms with Gasteiger partial charge in [0.25, 0.3) is 0 Å². The smallest absolute Gasteiger partial charge is 0.326 e. The summed E-state index contributed by atoms with van der Waals surface area (Å²) in [5, 5.41) is 11.7. The van der Waals surface area contributed by atoms with Crippen molar-refractivity contribution in [3.63, 3.8) is 0 Å². The molecular weight excluding hydrogens is 316 g/mol. The zero-order valence-corrected chi connectivity index (χ0v) is 14.0. The van der Waals surface area contributed by atoms with Crippen molar-refractivity contribution in [3.8, 4) is 0 Å². The van der Waals surface area contributed by atoms with Crippen LogP contribution < -0.4 is 16.8 Å². The summed E-state index contributed by atoms with van der Waals surface area (Å²) in [4.78, 5) is 48.3. The van der Waals surface area contributed by atoms with E-state index in [4.69, 9.17) is 11.5 Å². The Bertz CT molecular complexity index is 508. The molecule has 1 rings (SSSR count). The molecule has 0 aromatic rings. The predicted molar refractivity (Wildman–Crippen MR) is 85.5 cm³/mol. The maximum Gasteiger partial charge on any atom is 0.326 e. The number of rotatable bonds is 8. The van der Waals surface area contributed by atoms with Crippen molar-refractivity contribution < 1.29 is 24.3 Å². The van der Waals surface area contributed by atoms with Crippen LogP contribution in [0.15, 0.2) is 0 Å². The minimum absolute atomic E-state index is 0.00750. The highest BCUT2D eigenvalue weighted by atomic mass is 16.4. The molecule has 24 heavy (non-hydrogen) atoms. The van der Waals surface area contributed by atoms with Gasteiger partial charge in [0, 0.05) is 13.0 Å². The summed E-state index contributed by atoms with van der Waals surface area (Å²) in [6, 6.07) is -2.73. The average molecular weight is 342 g/mol. The van der Waals surface area contributed by atoms with Gasteiger partial charge in [-0.3, -0.25) is 14.4 Å². The summed E-state index contributed by atoms with van der Waals surface area (Å²) in [5.74, 6) is -2.86. The number of aliphatic carboxylic acids is 1. The fraction of sp³-hybridized carbons (Fsp3) is 0.733. The minimum Gasteiger partial charge on any atom is -0.480 e. The molecule has 0 unspecified atom stereocenters. The first-order valence-electron chi connectivity index (χ1n) is 8.02. The number of carbonyl (C=O) groups is 4. The lowest BCUT2D eigenvalue weighted by Crippen LogP contribution is -2.55. The Morgan fingerprint density at radius 1 is 1.29 bits per heavy atom. The largest absolute Gasteiger partial charge is 0.480 e. The van der Waals surface area contributed by atoms with Gasteiger partial charge in [0.2, 0.25) is 17.7 Å². The molecule has 0 spiro atoms. The monoisotopic (exact) mass is 342 g/mol. The van der Waals surface area contributed by atoms with Gasteiger partial charge < -0.3 is 26.8 Å². The van der Waals surface area contributed by atoms with Gasteiger partial charge in [-0.15, -0.1) is 0 Å². The van der Waals surface area contributed by atoms with E-state index in [2.05, 4.69) is 5.32 Å². The van der Waals surface area contributed by atoms with Crippen LogP contribution >= 0.6 is 0 Å². The van der Waals surface area contributed by atoms with Gasteiger partial charge in [-0.2, -0.15) is 0 Å². The summed E-state index contributed by atoms with van der Waals surface area (Å²) in [6.45, 7) is 3.84. The summed E-state index contributed by atoms with van der Waals surface area (Å²) in [5.41, 5.74) is 10.9. The lowest BCUT2D eigenvalue weighted by Gasteiger charge is -2.28. The number of likely N-dealkylation sites (tertiary alicyclic amines) is 1. The third kappa shape index (κ3) is 5.19. The molecule has 0 aromatic carbocycles. The van der Waals surface area contributed by atoms with Crippen molar-refractivity contribution in [1.29, 1.82) is 0 Å². The first-order valence-corrected chi connectivity index (χ1v) is 8.02. The summed E-state index contributed by atoms with van der Waals surface area (Å²) in [6.07, 6.45) is 0.848. The van der Waals surface area contributed by atoms with Gasteiger partial charge in [-0.1, -0.05) is 13.8 Å². The predicted octanol–water partition coefficient (Wildman–Crippen LogP) is -1.20. The highest BCUT2D eigenvalue weighted by Gasteiger charge is 2.38. The molecule has 3 atom stereocenters. The molecule has 9 nitrogen and oxygen atoms in total. The van der Waals surface area contributed by atoms with E-state index < -0.39 is 41.8 Å². The SMILES string of the molecule is CC(C)[C@H](N)C(=O)N[C@@H](CCC(N)=O)C(=O)N1CCC[C@H]1C(=O)O. The molecule has 0 aliphatic carbocycles. The molecule has 1 heterocycles. The normalized spacial score (nSPS) is 19.8. The van der Waals surface area contributed by atoms with Crippen LogP contribution in [-0.2, 0) is 19.2 Å². The molecule has 1 aliphatic heterocycles. The van der Waals surface area contributed by atoms with Gasteiger partial charge >= 0.3 is 5.97 Å². The number of carbonyl (C=O) groups excluding carboxylic acids is 3. The Labute approximate surface area is 140 Å². The van der Waals surface area contributed by atoms with Crippen molar-refractivity contribution >= 4 is 23.7 Å². The topological polar surface area (TPSA) is 156 Å². The number of carboxylic acids is 1.